The van der Waals surface area contributed by atoms with Crippen molar-refractivity contribution in [2.45, 2.75) is 13.0 Å². The fourth-order valence-corrected chi connectivity index (χ4v) is 2.84. The lowest BCUT2D eigenvalue weighted by atomic mass is 10.0. The first-order valence-corrected chi connectivity index (χ1v) is 9.02. The number of carbonyl (C=O) groups is 2. The Morgan fingerprint density at radius 3 is 2.36 bits per heavy atom. The molecule has 0 saturated heterocycles. The van der Waals surface area contributed by atoms with Gasteiger partial charge in [-0.15, -0.1) is 0 Å². The van der Waals surface area contributed by atoms with Crippen molar-refractivity contribution in [3.8, 4) is 5.75 Å². The summed E-state index contributed by atoms with van der Waals surface area (Å²) in [5.41, 5.74) is 8.69. The summed E-state index contributed by atoms with van der Waals surface area (Å²) in [5.74, 6) is -0.0391. The van der Waals surface area contributed by atoms with E-state index in [2.05, 4.69) is 17.4 Å². The first-order valence-electron chi connectivity index (χ1n) is 9.02. The Hall–Kier alpha value is -3.60. The van der Waals surface area contributed by atoms with Gasteiger partial charge < -0.3 is 15.8 Å². The molecule has 0 heterocycles. The lowest BCUT2D eigenvalue weighted by Crippen LogP contribution is -2.28. The quantitative estimate of drug-likeness (QED) is 0.636. The fraction of sp³-hybridized carbons (Fsp3) is 0.130. The minimum Gasteiger partial charge on any atom is -0.483 e. The molecule has 3 N–H and O–H groups in total. The van der Waals surface area contributed by atoms with Gasteiger partial charge in [0, 0.05) is 18.5 Å². The molecule has 0 aromatic heterocycles. The van der Waals surface area contributed by atoms with Gasteiger partial charge in [-0.2, -0.15) is 0 Å². The lowest BCUT2D eigenvalue weighted by molar-refractivity contribution is -0.123. The van der Waals surface area contributed by atoms with Crippen molar-refractivity contribution < 1.29 is 14.3 Å². The third kappa shape index (κ3) is 5.45. The zero-order chi connectivity index (χ0) is 19.8. The summed E-state index contributed by atoms with van der Waals surface area (Å²) in [6.07, 6.45) is 0.735. The Morgan fingerprint density at radius 2 is 1.57 bits per heavy atom. The minimum atomic E-state index is -0.494. The zero-order valence-corrected chi connectivity index (χ0v) is 15.4. The molecule has 3 rings (SSSR count). The number of hydrogen-bond donors (Lipinski definition) is 2. The Kier molecular flexibility index (Phi) is 6.41. The number of amides is 2. The number of benzene rings is 3. The van der Waals surface area contributed by atoms with Gasteiger partial charge in [-0.05, 0) is 34.9 Å². The number of carbonyl (C=O) groups excluding carboxylic acids is 2. The average Bonchev–Trinajstić information content (AvgIpc) is 2.72. The van der Waals surface area contributed by atoms with Crippen molar-refractivity contribution in [1.29, 1.82) is 0 Å². The van der Waals surface area contributed by atoms with Gasteiger partial charge in [0.2, 0.25) is 5.91 Å². The first kappa shape index (κ1) is 19.2. The molecule has 28 heavy (non-hydrogen) atoms. The van der Waals surface area contributed by atoms with Crippen LogP contribution in [0.2, 0.25) is 0 Å². The Bertz CT molecular complexity index is 955. The second-order valence-electron chi connectivity index (χ2n) is 6.40. The van der Waals surface area contributed by atoms with Crippen LogP contribution in [0.15, 0.2) is 78.9 Å². The molecule has 0 unspecified atom stereocenters. The molecule has 5 heteroatoms. The van der Waals surface area contributed by atoms with Crippen molar-refractivity contribution in [3.63, 3.8) is 0 Å². The zero-order valence-electron chi connectivity index (χ0n) is 15.4. The predicted octanol–water partition coefficient (Wildman–Crippen LogP) is 3.07. The molecule has 0 aliphatic rings. The number of para-hydroxylation sites is 1. The number of rotatable bonds is 8. The van der Waals surface area contributed by atoms with Crippen LogP contribution in [0.3, 0.4) is 0 Å². The highest BCUT2D eigenvalue weighted by molar-refractivity contribution is 5.92. The van der Waals surface area contributed by atoms with E-state index in [4.69, 9.17) is 10.5 Å². The van der Waals surface area contributed by atoms with Crippen LogP contribution in [0.4, 0.5) is 0 Å². The SMILES string of the molecule is NC(=O)c1cccc(CNC(=O)COc2ccccc2Cc2ccccc2)c1. The van der Waals surface area contributed by atoms with Crippen molar-refractivity contribution in [1.82, 2.24) is 5.32 Å². The van der Waals surface area contributed by atoms with Crippen molar-refractivity contribution in [2.24, 2.45) is 5.73 Å². The van der Waals surface area contributed by atoms with Crippen LogP contribution in [0.1, 0.15) is 27.0 Å². The standard InChI is InChI=1S/C23H22N2O3/c24-23(27)20-11-6-9-18(14-20)15-25-22(26)16-28-21-12-5-4-10-19(21)13-17-7-2-1-3-8-17/h1-12,14H,13,15-16H2,(H2,24,27)(H,25,26). The summed E-state index contributed by atoms with van der Waals surface area (Å²) in [7, 11) is 0. The van der Waals surface area contributed by atoms with Gasteiger partial charge in [-0.3, -0.25) is 9.59 Å². The highest BCUT2D eigenvalue weighted by atomic mass is 16.5. The Morgan fingerprint density at radius 1 is 0.857 bits per heavy atom. The largest absolute Gasteiger partial charge is 0.483 e. The Labute approximate surface area is 164 Å². The number of ether oxygens (including phenoxy) is 1. The van der Waals surface area contributed by atoms with E-state index >= 15 is 0 Å². The molecule has 5 nitrogen and oxygen atoms in total. The highest BCUT2D eigenvalue weighted by Gasteiger charge is 2.08. The third-order valence-electron chi connectivity index (χ3n) is 4.27. The van der Waals surface area contributed by atoms with E-state index in [-0.39, 0.29) is 12.5 Å². The van der Waals surface area contributed by atoms with Crippen LogP contribution in [0.25, 0.3) is 0 Å². The summed E-state index contributed by atoms with van der Waals surface area (Å²) in [4.78, 5) is 23.4. The maximum atomic E-state index is 12.2. The maximum absolute atomic E-state index is 12.2. The smallest absolute Gasteiger partial charge is 0.258 e. The molecule has 0 bridgehead atoms. The second kappa shape index (κ2) is 9.37. The van der Waals surface area contributed by atoms with Gasteiger partial charge in [-0.25, -0.2) is 0 Å². The highest BCUT2D eigenvalue weighted by Crippen LogP contribution is 2.21. The Balaban J connectivity index is 1.55. The van der Waals surface area contributed by atoms with Crippen LogP contribution < -0.4 is 15.8 Å². The molecule has 142 valence electrons. The van der Waals surface area contributed by atoms with Gasteiger partial charge in [0.25, 0.3) is 5.91 Å². The van der Waals surface area contributed by atoms with E-state index in [0.29, 0.717) is 17.9 Å². The van der Waals surface area contributed by atoms with Crippen LogP contribution >= 0.6 is 0 Å². The molecule has 0 spiro atoms. The maximum Gasteiger partial charge on any atom is 0.258 e. The van der Waals surface area contributed by atoms with Crippen molar-refractivity contribution in [3.05, 3.63) is 101 Å². The number of primary amides is 1. The van der Waals surface area contributed by atoms with Crippen molar-refractivity contribution in [2.75, 3.05) is 6.61 Å². The van der Waals surface area contributed by atoms with Gasteiger partial charge in [0.1, 0.15) is 5.75 Å². The molecule has 0 radical (unpaired) electrons. The van der Waals surface area contributed by atoms with Gasteiger partial charge in [0.05, 0.1) is 0 Å². The fourth-order valence-electron chi connectivity index (χ4n) is 2.84. The van der Waals surface area contributed by atoms with E-state index in [1.807, 2.05) is 48.5 Å². The summed E-state index contributed by atoms with van der Waals surface area (Å²) in [6.45, 7) is 0.219. The second-order valence-corrected chi connectivity index (χ2v) is 6.40. The molecule has 2 amide bonds. The molecule has 0 aliphatic heterocycles. The average molecular weight is 374 g/mol. The van der Waals surface area contributed by atoms with Gasteiger partial charge in [-0.1, -0.05) is 60.7 Å². The molecule has 0 aliphatic carbocycles. The summed E-state index contributed by atoms with van der Waals surface area (Å²) in [6, 6.07) is 24.7. The monoisotopic (exact) mass is 374 g/mol. The molecule has 3 aromatic rings. The first-order chi connectivity index (χ1) is 13.6. The molecule has 0 saturated carbocycles. The summed E-state index contributed by atoms with van der Waals surface area (Å²) >= 11 is 0. The van der Waals surface area contributed by atoms with Crippen LogP contribution in [-0.2, 0) is 17.8 Å². The van der Waals surface area contributed by atoms with E-state index < -0.39 is 5.91 Å². The van der Waals surface area contributed by atoms with Crippen LogP contribution in [0, 0.1) is 0 Å². The predicted molar refractivity (Wildman–Crippen MR) is 108 cm³/mol. The van der Waals surface area contributed by atoms with Crippen LogP contribution in [0.5, 0.6) is 5.75 Å². The van der Waals surface area contributed by atoms with E-state index in [1.165, 1.54) is 5.56 Å². The molecule has 3 aromatic carbocycles. The minimum absolute atomic E-state index is 0.0820. The van der Waals surface area contributed by atoms with Crippen molar-refractivity contribution >= 4 is 11.8 Å². The van der Waals surface area contributed by atoms with Gasteiger partial charge >= 0.3 is 0 Å². The molecular weight excluding hydrogens is 352 g/mol. The number of hydrogen-bond acceptors (Lipinski definition) is 3. The van der Waals surface area contributed by atoms with Gasteiger partial charge in [0.15, 0.2) is 6.61 Å². The molecule has 0 fully saturated rings. The lowest BCUT2D eigenvalue weighted by Gasteiger charge is -2.12. The summed E-state index contributed by atoms with van der Waals surface area (Å²) in [5, 5.41) is 2.79. The number of nitrogens with one attached hydrogen (secondary N) is 1. The van der Waals surface area contributed by atoms with E-state index in [9.17, 15) is 9.59 Å². The van der Waals surface area contributed by atoms with Crippen LogP contribution in [-0.4, -0.2) is 18.4 Å². The normalized spacial score (nSPS) is 10.3. The third-order valence-corrected chi connectivity index (χ3v) is 4.27. The molecular formula is C23H22N2O3. The topological polar surface area (TPSA) is 81.4 Å². The van der Waals surface area contributed by atoms with E-state index in [0.717, 1.165) is 17.5 Å². The molecule has 0 atom stereocenters. The summed E-state index contributed by atoms with van der Waals surface area (Å²) < 4.78 is 5.74. The van der Waals surface area contributed by atoms with E-state index in [1.54, 1.807) is 18.2 Å². The number of nitrogens with two attached hydrogens (primary N) is 1.